The maximum Gasteiger partial charge on any atom is 0.180 e. The first-order valence-electron chi connectivity index (χ1n) is 3.82. The van der Waals surface area contributed by atoms with Crippen molar-refractivity contribution in [2.45, 2.75) is 17.7 Å². The van der Waals surface area contributed by atoms with E-state index in [2.05, 4.69) is 0 Å². The van der Waals surface area contributed by atoms with Gasteiger partial charge in [0.25, 0.3) is 0 Å². The molecule has 58 valence electrons. The molecule has 2 heteroatoms. The van der Waals surface area contributed by atoms with Gasteiger partial charge >= 0.3 is 0 Å². The molecular formula is C9H9ClO. The van der Waals surface area contributed by atoms with Crippen LogP contribution in [0.25, 0.3) is 0 Å². The summed E-state index contributed by atoms with van der Waals surface area (Å²) in [6.45, 7) is 0. The normalized spacial score (nSPS) is 41.2. The number of hydrogen-bond donors (Lipinski definition) is 0. The van der Waals surface area contributed by atoms with Crippen LogP contribution in [-0.2, 0) is 4.79 Å². The van der Waals surface area contributed by atoms with E-state index in [1.54, 1.807) is 6.08 Å². The molecule has 0 aromatic heterocycles. The van der Waals surface area contributed by atoms with Gasteiger partial charge in [-0.15, -0.1) is 11.6 Å². The van der Waals surface area contributed by atoms with Crippen LogP contribution >= 0.6 is 11.6 Å². The van der Waals surface area contributed by atoms with Gasteiger partial charge in [-0.3, -0.25) is 4.79 Å². The summed E-state index contributed by atoms with van der Waals surface area (Å²) in [5.74, 6) is 0.476. The molecule has 0 saturated carbocycles. The predicted molar refractivity (Wildman–Crippen MR) is 44.6 cm³/mol. The fourth-order valence-electron chi connectivity index (χ4n) is 1.55. The molecule has 2 atom stereocenters. The van der Waals surface area contributed by atoms with Crippen LogP contribution in [0.3, 0.4) is 0 Å². The molecule has 1 nitrogen and oxygen atoms in total. The second kappa shape index (κ2) is 2.21. The Balaban J connectivity index is 2.46. The predicted octanol–water partition coefficient (Wildman–Crippen LogP) is 2.07. The number of ketones is 1. The summed E-state index contributed by atoms with van der Waals surface area (Å²) in [7, 11) is 0. The Morgan fingerprint density at radius 2 is 2.36 bits per heavy atom. The lowest BCUT2D eigenvalue weighted by Crippen LogP contribution is -2.29. The fraction of sp³-hybridized carbons (Fsp3) is 0.444. The summed E-state index contributed by atoms with van der Waals surface area (Å²) in [6, 6.07) is 0. The molecule has 0 fully saturated rings. The van der Waals surface area contributed by atoms with E-state index in [0.29, 0.717) is 5.92 Å². The van der Waals surface area contributed by atoms with E-state index < -0.39 is 4.87 Å². The molecule has 3 aliphatic carbocycles. The Kier molecular flexibility index (Phi) is 1.43. The lowest BCUT2D eigenvalue weighted by atomic mass is 9.89. The minimum absolute atomic E-state index is 0.0374. The molecule has 3 rings (SSSR count). The molecule has 0 saturated heterocycles. The largest absolute Gasteiger partial charge is 0.292 e. The first kappa shape index (κ1) is 7.11. The molecule has 0 N–H and O–H groups in total. The summed E-state index contributed by atoms with van der Waals surface area (Å²) in [5.41, 5.74) is 0. The van der Waals surface area contributed by atoms with E-state index in [1.165, 1.54) is 0 Å². The van der Waals surface area contributed by atoms with E-state index in [1.807, 2.05) is 18.2 Å². The maximum atomic E-state index is 11.3. The van der Waals surface area contributed by atoms with Crippen LogP contribution < -0.4 is 0 Å². The van der Waals surface area contributed by atoms with Gasteiger partial charge < -0.3 is 0 Å². The summed E-state index contributed by atoms with van der Waals surface area (Å²) >= 11 is 6.06. The molecule has 0 aliphatic heterocycles. The zero-order chi connectivity index (χ0) is 7.90. The summed E-state index contributed by atoms with van der Waals surface area (Å²) in [6.07, 6.45) is 9.20. The molecule has 2 bridgehead atoms. The van der Waals surface area contributed by atoms with Crippen molar-refractivity contribution in [2.24, 2.45) is 5.92 Å². The number of rotatable bonds is 0. The van der Waals surface area contributed by atoms with Crippen LogP contribution in [0.2, 0.25) is 0 Å². The molecule has 3 aliphatic rings. The van der Waals surface area contributed by atoms with Gasteiger partial charge in [-0.1, -0.05) is 18.2 Å². The van der Waals surface area contributed by atoms with Crippen molar-refractivity contribution < 1.29 is 4.79 Å². The van der Waals surface area contributed by atoms with Crippen molar-refractivity contribution in [1.29, 1.82) is 0 Å². The quantitative estimate of drug-likeness (QED) is 0.400. The monoisotopic (exact) mass is 168 g/mol. The molecule has 0 radical (unpaired) electrons. The van der Waals surface area contributed by atoms with Crippen molar-refractivity contribution in [1.82, 2.24) is 0 Å². The first-order chi connectivity index (χ1) is 5.21. The van der Waals surface area contributed by atoms with Gasteiger partial charge in [0.1, 0.15) is 4.87 Å². The highest BCUT2D eigenvalue weighted by atomic mass is 35.5. The minimum atomic E-state index is -0.705. The highest BCUT2D eigenvalue weighted by Gasteiger charge is 2.36. The third-order valence-corrected chi connectivity index (χ3v) is 2.85. The van der Waals surface area contributed by atoms with E-state index in [0.717, 1.165) is 12.8 Å². The topological polar surface area (TPSA) is 17.1 Å². The van der Waals surface area contributed by atoms with E-state index in [4.69, 9.17) is 11.6 Å². The van der Waals surface area contributed by atoms with Gasteiger partial charge in [-0.25, -0.2) is 0 Å². The van der Waals surface area contributed by atoms with Gasteiger partial charge in [0.05, 0.1) is 0 Å². The van der Waals surface area contributed by atoms with Crippen LogP contribution in [-0.4, -0.2) is 10.7 Å². The highest BCUT2D eigenvalue weighted by Crippen LogP contribution is 2.35. The van der Waals surface area contributed by atoms with E-state index in [-0.39, 0.29) is 5.78 Å². The molecular weight excluding hydrogens is 160 g/mol. The number of alkyl halides is 1. The van der Waals surface area contributed by atoms with E-state index >= 15 is 0 Å². The fourth-order valence-corrected chi connectivity index (χ4v) is 1.79. The molecule has 0 amide bonds. The van der Waals surface area contributed by atoms with Crippen LogP contribution in [0.15, 0.2) is 24.3 Å². The van der Waals surface area contributed by atoms with Gasteiger partial charge in [0.2, 0.25) is 0 Å². The summed E-state index contributed by atoms with van der Waals surface area (Å²) < 4.78 is 0. The minimum Gasteiger partial charge on any atom is -0.292 e. The first-order valence-corrected chi connectivity index (χ1v) is 4.19. The highest BCUT2D eigenvalue weighted by molar-refractivity contribution is 6.38. The molecule has 11 heavy (non-hydrogen) atoms. The molecule has 0 aromatic rings. The van der Waals surface area contributed by atoms with Gasteiger partial charge in [-0.05, 0) is 24.8 Å². The second-order valence-electron chi connectivity index (χ2n) is 3.15. The van der Waals surface area contributed by atoms with Crippen molar-refractivity contribution in [3.8, 4) is 0 Å². The van der Waals surface area contributed by atoms with Gasteiger partial charge in [0, 0.05) is 0 Å². The third kappa shape index (κ3) is 1.04. The standard InChI is InChI=1S/C9H9ClO/c10-9-5-3-7(4-6-9)1-2-8(9)11/h1-3,5,7H,4,6H2. The molecule has 0 heterocycles. The number of halogens is 1. The zero-order valence-corrected chi connectivity index (χ0v) is 6.84. The van der Waals surface area contributed by atoms with Gasteiger partial charge in [-0.2, -0.15) is 0 Å². The van der Waals surface area contributed by atoms with Crippen LogP contribution in [0, 0.1) is 5.92 Å². The Hall–Kier alpha value is -0.560. The maximum absolute atomic E-state index is 11.3. The molecule has 2 unspecified atom stereocenters. The zero-order valence-electron chi connectivity index (χ0n) is 6.09. The van der Waals surface area contributed by atoms with Crippen molar-refractivity contribution in [2.75, 3.05) is 0 Å². The SMILES string of the molecule is O=C1C=CC2C=CC1(Cl)CC2. The van der Waals surface area contributed by atoms with Gasteiger partial charge in [0.15, 0.2) is 5.78 Å². The number of hydrogen-bond acceptors (Lipinski definition) is 1. The van der Waals surface area contributed by atoms with Crippen LogP contribution in [0.1, 0.15) is 12.8 Å². The lowest BCUT2D eigenvalue weighted by Gasteiger charge is -2.23. The van der Waals surface area contributed by atoms with Crippen molar-refractivity contribution in [3.63, 3.8) is 0 Å². The number of carbonyl (C=O) groups excluding carboxylic acids is 1. The lowest BCUT2D eigenvalue weighted by molar-refractivity contribution is -0.116. The molecule has 0 spiro atoms. The Labute approximate surface area is 70.7 Å². The van der Waals surface area contributed by atoms with Crippen LogP contribution in [0.4, 0.5) is 0 Å². The summed E-state index contributed by atoms with van der Waals surface area (Å²) in [4.78, 5) is 10.6. The van der Waals surface area contributed by atoms with Crippen molar-refractivity contribution >= 4 is 17.4 Å². The average Bonchev–Trinajstić information content (AvgIpc) is 2.22. The number of fused-ring (bicyclic) bond motifs is 2. The summed E-state index contributed by atoms with van der Waals surface area (Å²) in [5, 5.41) is 0. The third-order valence-electron chi connectivity index (χ3n) is 2.35. The molecule has 0 aromatic carbocycles. The van der Waals surface area contributed by atoms with E-state index in [9.17, 15) is 4.79 Å². The number of allylic oxidation sites excluding steroid dienone is 4. The van der Waals surface area contributed by atoms with Crippen LogP contribution in [0.5, 0.6) is 0 Å². The smallest absolute Gasteiger partial charge is 0.180 e. The van der Waals surface area contributed by atoms with Crippen molar-refractivity contribution in [3.05, 3.63) is 24.3 Å². The Morgan fingerprint density at radius 1 is 1.55 bits per heavy atom. The Bertz CT molecular complexity index is 254. The second-order valence-corrected chi connectivity index (χ2v) is 3.82. The average molecular weight is 169 g/mol. The number of carbonyl (C=O) groups is 1. The Morgan fingerprint density at radius 3 is 3.00 bits per heavy atom.